The van der Waals surface area contributed by atoms with Gasteiger partial charge in [0.25, 0.3) is 0 Å². The number of likely N-dealkylation sites (N-methyl/N-ethyl adjacent to an activating group) is 1. The summed E-state index contributed by atoms with van der Waals surface area (Å²) in [6, 6.07) is 5.30. The van der Waals surface area contributed by atoms with Gasteiger partial charge in [0.1, 0.15) is 5.82 Å². The number of hydrogen-bond donors (Lipinski definition) is 1. The number of hydrazone groups is 1. The second-order valence-electron chi connectivity index (χ2n) is 6.23. The Morgan fingerprint density at radius 1 is 1.28 bits per heavy atom. The van der Waals surface area contributed by atoms with Gasteiger partial charge >= 0.3 is 0 Å². The first-order valence-corrected chi connectivity index (χ1v) is 9.46. The minimum absolute atomic E-state index is 0.174. The SMILES string of the molecule is CCN1CCN(Cc2ccc(C=NNc3nc(C)cs3)cc2F)CC1. The summed E-state index contributed by atoms with van der Waals surface area (Å²) in [5.41, 5.74) is 5.30. The fourth-order valence-electron chi connectivity index (χ4n) is 2.84. The van der Waals surface area contributed by atoms with Crippen LogP contribution >= 0.6 is 11.3 Å². The molecule has 1 aliphatic heterocycles. The van der Waals surface area contributed by atoms with Crippen molar-refractivity contribution in [3.63, 3.8) is 0 Å². The monoisotopic (exact) mass is 361 g/mol. The maximum Gasteiger partial charge on any atom is 0.203 e. The number of anilines is 1. The van der Waals surface area contributed by atoms with Crippen LogP contribution in [0, 0.1) is 12.7 Å². The summed E-state index contributed by atoms with van der Waals surface area (Å²) >= 11 is 1.49. The number of hydrogen-bond acceptors (Lipinski definition) is 6. The fraction of sp³-hybridized carbons (Fsp3) is 0.444. The third kappa shape index (κ3) is 5.07. The Hall–Kier alpha value is -1.83. The van der Waals surface area contributed by atoms with Gasteiger partial charge in [0.15, 0.2) is 0 Å². The Kier molecular flexibility index (Phi) is 6.12. The van der Waals surface area contributed by atoms with Gasteiger partial charge in [-0.3, -0.25) is 10.3 Å². The summed E-state index contributed by atoms with van der Waals surface area (Å²) in [4.78, 5) is 8.99. The third-order valence-electron chi connectivity index (χ3n) is 4.38. The van der Waals surface area contributed by atoms with Crippen LogP contribution in [0.3, 0.4) is 0 Å². The second-order valence-corrected chi connectivity index (χ2v) is 7.08. The van der Waals surface area contributed by atoms with E-state index in [0.29, 0.717) is 6.54 Å². The zero-order valence-electron chi connectivity index (χ0n) is 14.7. The van der Waals surface area contributed by atoms with Crippen molar-refractivity contribution in [1.29, 1.82) is 0 Å². The second kappa shape index (κ2) is 8.51. The summed E-state index contributed by atoms with van der Waals surface area (Å²) in [7, 11) is 0. The number of nitrogens with one attached hydrogen (secondary N) is 1. The molecule has 7 heteroatoms. The molecule has 0 amide bonds. The zero-order chi connectivity index (χ0) is 17.6. The molecule has 3 rings (SSSR count). The molecule has 0 atom stereocenters. The normalized spacial score (nSPS) is 16.6. The Morgan fingerprint density at radius 3 is 2.68 bits per heavy atom. The average molecular weight is 361 g/mol. The van der Waals surface area contributed by atoms with Crippen LogP contribution in [-0.4, -0.2) is 53.7 Å². The molecule has 0 bridgehead atoms. The molecule has 0 aliphatic carbocycles. The van der Waals surface area contributed by atoms with Crippen LogP contribution in [0.2, 0.25) is 0 Å². The molecule has 1 saturated heterocycles. The zero-order valence-corrected chi connectivity index (χ0v) is 15.5. The first kappa shape index (κ1) is 18.0. The van der Waals surface area contributed by atoms with E-state index >= 15 is 0 Å². The molecule has 1 fully saturated rings. The van der Waals surface area contributed by atoms with Crippen molar-refractivity contribution < 1.29 is 4.39 Å². The third-order valence-corrected chi connectivity index (χ3v) is 5.24. The smallest absolute Gasteiger partial charge is 0.203 e. The predicted octanol–water partition coefficient (Wildman–Crippen LogP) is 3.17. The summed E-state index contributed by atoms with van der Waals surface area (Å²) in [5, 5.41) is 6.80. The largest absolute Gasteiger partial charge is 0.301 e. The summed E-state index contributed by atoms with van der Waals surface area (Å²) < 4.78 is 14.4. The van der Waals surface area contributed by atoms with Crippen molar-refractivity contribution in [3.8, 4) is 0 Å². The van der Waals surface area contributed by atoms with Gasteiger partial charge in [-0.25, -0.2) is 9.37 Å². The molecular formula is C18H24FN5S. The number of thiazole rings is 1. The van der Waals surface area contributed by atoms with Crippen molar-refractivity contribution >= 4 is 22.7 Å². The van der Waals surface area contributed by atoms with Gasteiger partial charge in [0.05, 0.1) is 11.9 Å². The average Bonchev–Trinajstić information content (AvgIpc) is 3.03. The number of benzene rings is 1. The Labute approximate surface area is 152 Å². The molecule has 1 aromatic heterocycles. The molecule has 0 radical (unpaired) electrons. The van der Waals surface area contributed by atoms with E-state index in [1.807, 2.05) is 24.4 Å². The van der Waals surface area contributed by atoms with Crippen LogP contribution in [0.25, 0.3) is 0 Å². The first-order valence-electron chi connectivity index (χ1n) is 8.58. The van der Waals surface area contributed by atoms with Crippen molar-refractivity contribution in [3.05, 3.63) is 46.2 Å². The maximum atomic E-state index is 14.4. The van der Waals surface area contributed by atoms with E-state index in [2.05, 4.69) is 32.2 Å². The summed E-state index contributed by atoms with van der Waals surface area (Å²) in [5.74, 6) is -0.174. The van der Waals surface area contributed by atoms with Gasteiger partial charge in [-0.05, 0) is 25.1 Å². The van der Waals surface area contributed by atoms with Crippen molar-refractivity contribution in [2.45, 2.75) is 20.4 Å². The lowest BCUT2D eigenvalue weighted by atomic mass is 10.1. The number of rotatable bonds is 6. The van der Waals surface area contributed by atoms with E-state index in [4.69, 9.17) is 0 Å². The minimum Gasteiger partial charge on any atom is -0.301 e. The molecule has 134 valence electrons. The van der Waals surface area contributed by atoms with Gasteiger partial charge in [0, 0.05) is 43.7 Å². The molecule has 2 heterocycles. The molecule has 5 nitrogen and oxygen atoms in total. The van der Waals surface area contributed by atoms with Gasteiger partial charge in [-0.15, -0.1) is 11.3 Å². The van der Waals surface area contributed by atoms with Crippen LogP contribution in [0.4, 0.5) is 9.52 Å². The molecule has 25 heavy (non-hydrogen) atoms. The van der Waals surface area contributed by atoms with Crippen LogP contribution in [-0.2, 0) is 6.54 Å². The Balaban J connectivity index is 1.55. The highest BCUT2D eigenvalue weighted by Crippen LogP contribution is 2.15. The topological polar surface area (TPSA) is 43.8 Å². The Bertz CT molecular complexity index is 722. The number of halogens is 1. The molecule has 0 saturated carbocycles. The Morgan fingerprint density at radius 2 is 2.04 bits per heavy atom. The lowest BCUT2D eigenvalue weighted by Crippen LogP contribution is -2.45. The van der Waals surface area contributed by atoms with Crippen molar-refractivity contribution in [2.75, 3.05) is 38.1 Å². The van der Waals surface area contributed by atoms with E-state index in [-0.39, 0.29) is 5.82 Å². The van der Waals surface area contributed by atoms with Crippen LogP contribution in [0.1, 0.15) is 23.7 Å². The van der Waals surface area contributed by atoms with Gasteiger partial charge < -0.3 is 4.90 Å². The summed E-state index contributed by atoms with van der Waals surface area (Å²) in [6.07, 6.45) is 1.61. The van der Waals surface area contributed by atoms with E-state index in [1.54, 1.807) is 6.21 Å². The summed E-state index contributed by atoms with van der Waals surface area (Å²) in [6.45, 7) is 9.97. The molecule has 1 aromatic carbocycles. The molecule has 1 aliphatic rings. The highest BCUT2D eigenvalue weighted by Gasteiger charge is 2.16. The van der Waals surface area contributed by atoms with Crippen LogP contribution in [0.15, 0.2) is 28.7 Å². The quantitative estimate of drug-likeness (QED) is 0.634. The molecule has 0 unspecified atom stereocenters. The molecule has 1 N–H and O–H groups in total. The van der Waals surface area contributed by atoms with Gasteiger partial charge in [0.2, 0.25) is 5.13 Å². The van der Waals surface area contributed by atoms with Crippen molar-refractivity contribution in [1.82, 2.24) is 14.8 Å². The molecule has 2 aromatic rings. The fourth-order valence-corrected chi connectivity index (χ4v) is 3.48. The van der Waals surface area contributed by atoms with Gasteiger partial charge in [-0.2, -0.15) is 5.10 Å². The number of piperazine rings is 1. The predicted molar refractivity (Wildman–Crippen MR) is 102 cm³/mol. The lowest BCUT2D eigenvalue weighted by Gasteiger charge is -2.34. The van der Waals surface area contributed by atoms with E-state index in [1.165, 1.54) is 17.4 Å². The minimum atomic E-state index is -0.174. The van der Waals surface area contributed by atoms with Crippen LogP contribution < -0.4 is 5.43 Å². The van der Waals surface area contributed by atoms with E-state index < -0.39 is 0 Å². The van der Waals surface area contributed by atoms with Gasteiger partial charge in [-0.1, -0.05) is 19.1 Å². The number of nitrogens with zero attached hydrogens (tertiary/aromatic N) is 4. The highest BCUT2D eigenvalue weighted by atomic mass is 32.1. The van der Waals surface area contributed by atoms with E-state index in [9.17, 15) is 4.39 Å². The number of aromatic nitrogens is 1. The highest BCUT2D eigenvalue weighted by molar-refractivity contribution is 7.13. The van der Waals surface area contributed by atoms with Crippen molar-refractivity contribution in [2.24, 2.45) is 5.10 Å². The maximum absolute atomic E-state index is 14.4. The molecule has 0 spiro atoms. The number of aryl methyl sites for hydroxylation is 1. The van der Waals surface area contributed by atoms with Crippen LogP contribution in [0.5, 0.6) is 0 Å². The van der Waals surface area contributed by atoms with E-state index in [0.717, 1.165) is 54.7 Å². The molecular weight excluding hydrogens is 337 g/mol. The lowest BCUT2D eigenvalue weighted by molar-refractivity contribution is 0.131. The first-order chi connectivity index (χ1) is 12.1. The standard InChI is InChI=1S/C18H24FN5S/c1-3-23-6-8-24(9-7-23)12-16-5-4-15(10-17(16)19)11-20-22-18-21-14(2)13-25-18/h4-5,10-11,13H,3,6-9,12H2,1-2H3,(H,21,22).